The van der Waals surface area contributed by atoms with Gasteiger partial charge in [0.05, 0.1) is 0 Å². The van der Waals surface area contributed by atoms with Crippen LogP contribution in [-0.2, 0) is 16.0 Å². The van der Waals surface area contributed by atoms with Crippen LogP contribution < -0.4 is 4.74 Å². The van der Waals surface area contributed by atoms with E-state index < -0.39 is 12.1 Å². The zero-order valence-electron chi connectivity index (χ0n) is 14.8. The number of nitrogens with one attached hydrogen (secondary N) is 1. The van der Waals surface area contributed by atoms with E-state index in [-0.39, 0.29) is 12.4 Å². The smallest absolute Gasteiger partial charge is 0.347 e. The second-order valence-electron chi connectivity index (χ2n) is 6.00. The lowest BCUT2D eigenvalue weighted by molar-refractivity contribution is -0.149. The standard InChI is InChI=1S/C21H21NO4/c1-3-15-8-7-11-17-18(12-22-20(15)17)19(23)13-25-21(24)14(2)26-16-9-5-4-6-10-16/h4-12,14,22H,3,13H2,1-2H3/t14-/m0/s1. The summed E-state index contributed by atoms with van der Waals surface area (Å²) in [5, 5.41) is 0.846. The summed E-state index contributed by atoms with van der Waals surface area (Å²) >= 11 is 0. The summed E-state index contributed by atoms with van der Waals surface area (Å²) in [6, 6.07) is 14.8. The van der Waals surface area contributed by atoms with Crippen molar-refractivity contribution in [2.24, 2.45) is 0 Å². The molecule has 26 heavy (non-hydrogen) atoms. The fraction of sp³-hybridized carbons (Fsp3) is 0.238. The Morgan fingerprint density at radius 1 is 1.08 bits per heavy atom. The number of carbonyl (C=O) groups is 2. The van der Waals surface area contributed by atoms with Crippen LogP contribution in [0.4, 0.5) is 0 Å². The van der Waals surface area contributed by atoms with Crippen molar-refractivity contribution in [1.82, 2.24) is 4.98 Å². The van der Waals surface area contributed by atoms with E-state index in [1.807, 2.05) is 36.4 Å². The molecule has 3 rings (SSSR count). The third-order valence-electron chi connectivity index (χ3n) is 4.22. The number of rotatable bonds is 7. The van der Waals surface area contributed by atoms with Gasteiger partial charge >= 0.3 is 5.97 Å². The molecule has 2 aromatic carbocycles. The van der Waals surface area contributed by atoms with Gasteiger partial charge in [0.1, 0.15) is 5.75 Å². The van der Waals surface area contributed by atoms with Gasteiger partial charge in [-0.2, -0.15) is 0 Å². The molecule has 0 spiro atoms. The average Bonchev–Trinajstić information content (AvgIpc) is 3.10. The van der Waals surface area contributed by atoms with Crippen molar-refractivity contribution in [2.45, 2.75) is 26.4 Å². The second kappa shape index (κ2) is 7.87. The van der Waals surface area contributed by atoms with Crippen molar-refractivity contribution < 1.29 is 19.1 Å². The quantitative estimate of drug-likeness (QED) is 0.517. The van der Waals surface area contributed by atoms with E-state index in [0.29, 0.717) is 11.3 Å². The molecule has 0 aliphatic heterocycles. The second-order valence-corrected chi connectivity index (χ2v) is 6.00. The summed E-state index contributed by atoms with van der Waals surface area (Å²) in [5.74, 6) is -0.243. The van der Waals surface area contributed by atoms with E-state index >= 15 is 0 Å². The molecule has 5 nitrogen and oxygen atoms in total. The first-order valence-electron chi connectivity index (χ1n) is 8.60. The molecule has 0 saturated carbocycles. The predicted octanol–water partition coefficient (Wildman–Crippen LogP) is 3.92. The number of esters is 1. The summed E-state index contributed by atoms with van der Waals surface area (Å²) in [6.07, 6.45) is 1.75. The first-order chi connectivity index (χ1) is 12.6. The zero-order valence-corrected chi connectivity index (χ0v) is 14.8. The van der Waals surface area contributed by atoms with Gasteiger partial charge in [0, 0.05) is 22.7 Å². The number of ether oxygens (including phenoxy) is 2. The van der Waals surface area contributed by atoms with Crippen LogP contribution in [0.1, 0.15) is 29.8 Å². The molecule has 134 valence electrons. The average molecular weight is 351 g/mol. The molecule has 0 bridgehead atoms. The van der Waals surface area contributed by atoms with Crippen LogP contribution in [0.25, 0.3) is 10.9 Å². The Kier molecular flexibility index (Phi) is 5.37. The fourth-order valence-corrected chi connectivity index (χ4v) is 2.83. The maximum absolute atomic E-state index is 12.5. The molecule has 0 aliphatic rings. The molecule has 1 heterocycles. The van der Waals surface area contributed by atoms with E-state index in [0.717, 1.165) is 22.9 Å². The third kappa shape index (κ3) is 3.77. The summed E-state index contributed by atoms with van der Waals surface area (Å²) in [6.45, 7) is 3.34. The lowest BCUT2D eigenvalue weighted by atomic mass is 10.1. The molecule has 1 aromatic heterocycles. The third-order valence-corrected chi connectivity index (χ3v) is 4.22. The highest BCUT2D eigenvalue weighted by atomic mass is 16.6. The minimum atomic E-state index is -0.792. The number of fused-ring (bicyclic) bond motifs is 1. The number of ketones is 1. The molecule has 0 unspecified atom stereocenters. The van der Waals surface area contributed by atoms with Crippen molar-refractivity contribution in [3.05, 3.63) is 65.9 Å². The largest absolute Gasteiger partial charge is 0.479 e. The molecule has 5 heteroatoms. The molecule has 0 saturated heterocycles. The van der Waals surface area contributed by atoms with Gasteiger partial charge in [-0.3, -0.25) is 4.79 Å². The van der Waals surface area contributed by atoms with Crippen molar-refractivity contribution in [3.63, 3.8) is 0 Å². The van der Waals surface area contributed by atoms with Crippen LogP contribution in [-0.4, -0.2) is 29.4 Å². The molecule has 0 radical (unpaired) electrons. The van der Waals surface area contributed by atoms with E-state index in [1.165, 1.54) is 0 Å². The summed E-state index contributed by atoms with van der Waals surface area (Å²) in [4.78, 5) is 27.7. The van der Waals surface area contributed by atoms with Crippen LogP contribution in [0.5, 0.6) is 5.75 Å². The lowest BCUT2D eigenvalue weighted by Crippen LogP contribution is -2.28. The summed E-state index contributed by atoms with van der Waals surface area (Å²) < 4.78 is 10.6. The Morgan fingerprint density at radius 2 is 1.85 bits per heavy atom. The van der Waals surface area contributed by atoms with Gasteiger partial charge in [-0.1, -0.05) is 43.3 Å². The molecular formula is C21H21NO4. The maximum atomic E-state index is 12.5. The molecule has 1 atom stereocenters. The van der Waals surface area contributed by atoms with E-state index in [2.05, 4.69) is 11.9 Å². The van der Waals surface area contributed by atoms with E-state index in [1.54, 1.807) is 25.3 Å². The van der Waals surface area contributed by atoms with E-state index in [9.17, 15) is 9.59 Å². The minimum Gasteiger partial charge on any atom is -0.479 e. The number of benzene rings is 2. The SMILES string of the molecule is CCc1cccc2c(C(=O)COC(=O)[C@H](C)Oc3ccccc3)c[nH]c12. The highest BCUT2D eigenvalue weighted by Gasteiger charge is 2.20. The van der Waals surface area contributed by atoms with Crippen LogP contribution >= 0.6 is 0 Å². The molecule has 1 N–H and O–H groups in total. The van der Waals surface area contributed by atoms with Crippen LogP contribution in [0.15, 0.2) is 54.7 Å². The first-order valence-corrected chi connectivity index (χ1v) is 8.60. The maximum Gasteiger partial charge on any atom is 0.347 e. The van der Waals surface area contributed by atoms with E-state index in [4.69, 9.17) is 9.47 Å². The minimum absolute atomic E-state index is 0.246. The highest BCUT2D eigenvalue weighted by Crippen LogP contribution is 2.22. The van der Waals surface area contributed by atoms with Crippen LogP contribution in [0, 0.1) is 0 Å². The number of aryl methyl sites for hydroxylation is 1. The number of carbonyl (C=O) groups excluding carboxylic acids is 2. The normalized spacial score (nSPS) is 11.9. The van der Waals surface area contributed by atoms with Gasteiger partial charge in [0.25, 0.3) is 0 Å². The van der Waals surface area contributed by atoms with Crippen LogP contribution in [0.3, 0.4) is 0 Å². The number of para-hydroxylation sites is 2. The van der Waals surface area contributed by atoms with Crippen molar-refractivity contribution in [1.29, 1.82) is 0 Å². The molecular weight excluding hydrogens is 330 g/mol. The lowest BCUT2D eigenvalue weighted by Gasteiger charge is -2.13. The zero-order chi connectivity index (χ0) is 18.5. The Hall–Kier alpha value is -3.08. The number of Topliss-reactive ketones (excluding diaryl/α,β-unsaturated/α-hetero) is 1. The van der Waals surface area contributed by atoms with Crippen molar-refractivity contribution in [3.8, 4) is 5.75 Å². The molecule has 0 amide bonds. The number of aromatic amines is 1. The van der Waals surface area contributed by atoms with Crippen LogP contribution in [0.2, 0.25) is 0 Å². The van der Waals surface area contributed by atoms with Gasteiger partial charge in [-0.05, 0) is 31.0 Å². The number of hydrogen-bond donors (Lipinski definition) is 1. The predicted molar refractivity (Wildman–Crippen MR) is 99.5 cm³/mol. The Morgan fingerprint density at radius 3 is 2.58 bits per heavy atom. The molecule has 0 aliphatic carbocycles. The summed E-state index contributed by atoms with van der Waals surface area (Å²) in [5.41, 5.74) is 2.62. The van der Waals surface area contributed by atoms with Gasteiger partial charge in [-0.15, -0.1) is 0 Å². The van der Waals surface area contributed by atoms with Crippen molar-refractivity contribution in [2.75, 3.05) is 6.61 Å². The first kappa shape index (κ1) is 17.7. The Balaban J connectivity index is 1.63. The summed E-state index contributed by atoms with van der Waals surface area (Å²) in [7, 11) is 0. The van der Waals surface area contributed by atoms with Crippen molar-refractivity contribution >= 4 is 22.7 Å². The number of aromatic nitrogens is 1. The monoisotopic (exact) mass is 351 g/mol. The number of H-pyrrole nitrogens is 1. The topological polar surface area (TPSA) is 68.4 Å². The fourth-order valence-electron chi connectivity index (χ4n) is 2.83. The molecule has 0 fully saturated rings. The highest BCUT2D eigenvalue weighted by molar-refractivity contribution is 6.09. The van der Waals surface area contributed by atoms with Gasteiger partial charge in [0.2, 0.25) is 5.78 Å². The Labute approximate surface area is 151 Å². The Bertz CT molecular complexity index is 914. The van der Waals surface area contributed by atoms with Gasteiger partial charge < -0.3 is 14.5 Å². The molecule has 3 aromatic rings. The number of hydrogen-bond acceptors (Lipinski definition) is 4. The van der Waals surface area contributed by atoms with Gasteiger partial charge in [-0.25, -0.2) is 4.79 Å². The van der Waals surface area contributed by atoms with Gasteiger partial charge in [0.15, 0.2) is 12.7 Å².